The predicted octanol–water partition coefficient (Wildman–Crippen LogP) is 5.54. The van der Waals surface area contributed by atoms with Gasteiger partial charge in [0, 0.05) is 35.6 Å². The van der Waals surface area contributed by atoms with Crippen LogP contribution >= 0.6 is 0 Å². The van der Waals surface area contributed by atoms with Crippen molar-refractivity contribution in [3.05, 3.63) is 84.2 Å². The number of ether oxygens (including phenoxy) is 2. The molecule has 0 aliphatic carbocycles. The molecular formula is C27H27N5O4S. The van der Waals surface area contributed by atoms with Gasteiger partial charge in [0.1, 0.15) is 17.5 Å². The molecule has 4 aromatic rings. The molecule has 0 amide bonds. The van der Waals surface area contributed by atoms with Crippen molar-refractivity contribution in [2.24, 2.45) is 0 Å². The van der Waals surface area contributed by atoms with Gasteiger partial charge >= 0.3 is 0 Å². The molecule has 5 rings (SSSR count). The van der Waals surface area contributed by atoms with E-state index in [0.717, 1.165) is 17.8 Å². The van der Waals surface area contributed by atoms with Gasteiger partial charge in [0.05, 0.1) is 18.1 Å². The van der Waals surface area contributed by atoms with Gasteiger partial charge in [0.25, 0.3) is 10.0 Å². The summed E-state index contributed by atoms with van der Waals surface area (Å²) in [4.78, 5) is 9.01. The zero-order valence-electron chi connectivity index (χ0n) is 20.5. The molecule has 0 spiro atoms. The van der Waals surface area contributed by atoms with Crippen molar-refractivity contribution in [1.29, 1.82) is 0 Å². The third-order valence-corrected chi connectivity index (χ3v) is 6.98. The highest BCUT2D eigenvalue weighted by atomic mass is 32.2. The Kier molecular flexibility index (Phi) is 6.82. The maximum Gasteiger partial charge on any atom is 0.262 e. The summed E-state index contributed by atoms with van der Waals surface area (Å²) >= 11 is 0. The Balaban J connectivity index is 1.27. The number of hydrogen-bond acceptors (Lipinski definition) is 8. The molecule has 190 valence electrons. The van der Waals surface area contributed by atoms with Gasteiger partial charge in [0.15, 0.2) is 11.5 Å². The molecule has 3 aromatic carbocycles. The molecule has 0 radical (unpaired) electrons. The summed E-state index contributed by atoms with van der Waals surface area (Å²) in [6.07, 6.45) is 0.745. The lowest BCUT2D eigenvalue weighted by Gasteiger charge is -2.13. The van der Waals surface area contributed by atoms with Crippen LogP contribution in [0.3, 0.4) is 0 Å². The first-order valence-corrected chi connectivity index (χ1v) is 13.3. The Labute approximate surface area is 215 Å². The highest BCUT2D eigenvalue weighted by Gasteiger charge is 2.19. The van der Waals surface area contributed by atoms with Crippen LogP contribution in [0.2, 0.25) is 0 Å². The van der Waals surface area contributed by atoms with Crippen LogP contribution in [0.1, 0.15) is 17.8 Å². The quantitative estimate of drug-likeness (QED) is 0.293. The lowest BCUT2D eigenvalue weighted by molar-refractivity contribution is 0.297. The molecule has 1 aromatic heterocycles. The maximum absolute atomic E-state index is 12.9. The highest BCUT2D eigenvalue weighted by molar-refractivity contribution is 7.92. The van der Waals surface area contributed by atoms with E-state index in [0.29, 0.717) is 47.9 Å². The van der Waals surface area contributed by atoms with Gasteiger partial charge in [-0.2, -0.15) is 0 Å². The third kappa shape index (κ3) is 6.10. The van der Waals surface area contributed by atoms with E-state index in [4.69, 9.17) is 9.47 Å². The van der Waals surface area contributed by atoms with Gasteiger partial charge < -0.3 is 20.1 Å². The van der Waals surface area contributed by atoms with E-state index in [2.05, 4.69) is 25.3 Å². The van der Waals surface area contributed by atoms with Gasteiger partial charge in [-0.05, 0) is 62.4 Å². The van der Waals surface area contributed by atoms with Crippen LogP contribution in [0.15, 0.2) is 77.7 Å². The van der Waals surface area contributed by atoms with Crippen molar-refractivity contribution in [2.45, 2.75) is 25.2 Å². The first-order valence-electron chi connectivity index (χ1n) is 11.8. The second kappa shape index (κ2) is 10.4. The van der Waals surface area contributed by atoms with Crippen molar-refractivity contribution < 1.29 is 17.9 Å². The lowest BCUT2D eigenvalue weighted by atomic mass is 10.2. The molecule has 2 heterocycles. The smallest absolute Gasteiger partial charge is 0.262 e. The molecule has 3 N–H and O–H groups in total. The summed E-state index contributed by atoms with van der Waals surface area (Å²) < 4.78 is 39.7. The molecule has 0 saturated heterocycles. The van der Waals surface area contributed by atoms with Crippen LogP contribution in [0, 0.1) is 13.8 Å². The Hall–Kier alpha value is -4.31. The van der Waals surface area contributed by atoms with E-state index in [-0.39, 0.29) is 4.90 Å². The largest absolute Gasteiger partial charge is 0.490 e. The van der Waals surface area contributed by atoms with Gasteiger partial charge in [-0.25, -0.2) is 18.4 Å². The summed E-state index contributed by atoms with van der Waals surface area (Å²) in [5, 5.41) is 6.53. The number of aromatic nitrogens is 2. The Bertz CT molecular complexity index is 1510. The number of nitrogens with zero attached hydrogens (tertiary/aromatic N) is 2. The SMILES string of the molecule is Cc1ccc(Nc2cc(Nc3ccc(NS(=O)(=O)c4ccc5c(c4)OCCCO5)cc3)nc(C)n2)cc1. The maximum atomic E-state index is 12.9. The minimum Gasteiger partial charge on any atom is -0.490 e. The van der Waals surface area contributed by atoms with E-state index < -0.39 is 10.0 Å². The lowest BCUT2D eigenvalue weighted by Crippen LogP contribution is -2.13. The Morgan fingerprint density at radius 2 is 1.27 bits per heavy atom. The zero-order valence-corrected chi connectivity index (χ0v) is 21.3. The van der Waals surface area contributed by atoms with Gasteiger partial charge in [-0.15, -0.1) is 0 Å². The van der Waals surface area contributed by atoms with Crippen LogP contribution in [0.4, 0.5) is 28.7 Å². The van der Waals surface area contributed by atoms with E-state index in [1.54, 1.807) is 30.3 Å². The van der Waals surface area contributed by atoms with Gasteiger partial charge in [0.2, 0.25) is 0 Å². The first-order chi connectivity index (χ1) is 17.8. The standard InChI is InChI=1S/C27H27N5O4S/c1-18-4-6-20(7-5-18)30-26-17-27(29-19(2)28-26)31-21-8-10-22(11-9-21)32-37(33,34)23-12-13-24-25(16-23)36-15-3-14-35-24/h4-13,16-17,32H,3,14-15H2,1-2H3,(H2,28,29,30,31). The first kappa shape index (κ1) is 24.4. The van der Waals surface area contributed by atoms with E-state index in [1.165, 1.54) is 17.7 Å². The molecule has 0 atom stereocenters. The van der Waals surface area contributed by atoms with Gasteiger partial charge in [-0.1, -0.05) is 17.7 Å². The van der Waals surface area contributed by atoms with Crippen LogP contribution in [-0.4, -0.2) is 31.6 Å². The molecule has 1 aliphatic rings. The summed E-state index contributed by atoms with van der Waals surface area (Å²) in [5.41, 5.74) is 3.29. The number of rotatable bonds is 7. The topological polar surface area (TPSA) is 114 Å². The summed E-state index contributed by atoms with van der Waals surface area (Å²) in [6, 6.07) is 21.4. The second-order valence-corrected chi connectivity index (χ2v) is 10.3. The molecule has 0 saturated carbocycles. The number of anilines is 5. The fourth-order valence-electron chi connectivity index (χ4n) is 3.77. The van der Waals surface area contributed by atoms with E-state index in [1.807, 2.05) is 44.2 Å². The Morgan fingerprint density at radius 1 is 0.703 bits per heavy atom. The molecule has 9 nitrogen and oxygen atoms in total. The average molecular weight is 518 g/mol. The fraction of sp³-hybridized carbons (Fsp3) is 0.185. The van der Waals surface area contributed by atoms with Crippen molar-refractivity contribution in [3.63, 3.8) is 0 Å². The number of nitrogens with one attached hydrogen (secondary N) is 3. The van der Waals surface area contributed by atoms with Crippen molar-refractivity contribution in [1.82, 2.24) is 9.97 Å². The zero-order chi connectivity index (χ0) is 25.8. The molecule has 0 bridgehead atoms. The molecule has 0 unspecified atom stereocenters. The predicted molar refractivity (Wildman–Crippen MR) is 144 cm³/mol. The molecule has 10 heteroatoms. The number of hydrogen-bond donors (Lipinski definition) is 3. The minimum atomic E-state index is -3.81. The second-order valence-electron chi connectivity index (χ2n) is 8.64. The summed E-state index contributed by atoms with van der Waals surface area (Å²) in [7, 11) is -3.81. The molecule has 1 aliphatic heterocycles. The third-order valence-electron chi connectivity index (χ3n) is 5.60. The number of aryl methyl sites for hydroxylation is 2. The normalized spacial score (nSPS) is 12.9. The van der Waals surface area contributed by atoms with Crippen LogP contribution in [-0.2, 0) is 10.0 Å². The monoisotopic (exact) mass is 517 g/mol. The van der Waals surface area contributed by atoms with Crippen LogP contribution in [0.25, 0.3) is 0 Å². The van der Waals surface area contributed by atoms with Crippen molar-refractivity contribution in [3.8, 4) is 11.5 Å². The fourth-order valence-corrected chi connectivity index (χ4v) is 4.85. The summed E-state index contributed by atoms with van der Waals surface area (Å²) in [5.74, 6) is 2.86. The van der Waals surface area contributed by atoms with Crippen LogP contribution in [0.5, 0.6) is 11.5 Å². The van der Waals surface area contributed by atoms with Crippen LogP contribution < -0.4 is 24.8 Å². The average Bonchev–Trinajstić information content (AvgIpc) is 3.11. The van der Waals surface area contributed by atoms with Crippen molar-refractivity contribution >= 4 is 38.7 Å². The van der Waals surface area contributed by atoms with Gasteiger partial charge in [-0.3, -0.25) is 4.72 Å². The number of sulfonamides is 1. The number of benzene rings is 3. The summed E-state index contributed by atoms with van der Waals surface area (Å²) in [6.45, 7) is 4.88. The minimum absolute atomic E-state index is 0.101. The van der Waals surface area contributed by atoms with Crippen molar-refractivity contribution in [2.75, 3.05) is 28.6 Å². The Morgan fingerprint density at radius 3 is 1.92 bits per heavy atom. The molecular weight excluding hydrogens is 490 g/mol. The van der Waals surface area contributed by atoms with E-state index >= 15 is 0 Å². The molecule has 0 fully saturated rings. The molecule has 37 heavy (non-hydrogen) atoms. The van der Waals surface area contributed by atoms with E-state index in [9.17, 15) is 8.42 Å². The number of fused-ring (bicyclic) bond motifs is 1. The highest BCUT2D eigenvalue weighted by Crippen LogP contribution is 2.32.